The highest BCUT2D eigenvalue weighted by molar-refractivity contribution is 5.98. The molecule has 4 heteroatoms. The summed E-state index contributed by atoms with van der Waals surface area (Å²) >= 11 is 0. The summed E-state index contributed by atoms with van der Waals surface area (Å²) in [6.07, 6.45) is 0. The van der Waals surface area contributed by atoms with E-state index in [1.807, 2.05) is 6.07 Å². The lowest BCUT2D eigenvalue weighted by atomic mass is 9.92. The van der Waals surface area contributed by atoms with Crippen molar-refractivity contribution in [3.05, 3.63) is 66.0 Å². The molecule has 0 radical (unpaired) electrons. The first-order valence-corrected chi connectivity index (χ1v) is 5.92. The van der Waals surface area contributed by atoms with Crippen molar-refractivity contribution in [1.82, 2.24) is 0 Å². The minimum Gasteiger partial charge on any atom is -0.322 e. The fraction of sp³-hybridized carbons (Fsp3) is 0.133. The van der Waals surface area contributed by atoms with E-state index in [0.29, 0.717) is 5.56 Å². The first kappa shape index (κ1) is 13.2. The van der Waals surface area contributed by atoms with E-state index in [1.54, 1.807) is 43.3 Å². The Kier molecular flexibility index (Phi) is 3.62. The number of carbonyl (C=O) groups is 1. The number of nitrogens with one attached hydrogen (secondary N) is 1. The maximum absolute atomic E-state index is 13.5. The van der Waals surface area contributed by atoms with Crippen LogP contribution in [0.4, 0.5) is 10.1 Å². The molecule has 1 amide bonds. The molecule has 0 aromatic heterocycles. The van der Waals surface area contributed by atoms with E-state index in [4.69, 9.17) is 5.73 Å². The molecule has 0 spiro atoms. The van der Waals surface area contributed by atoms with Crippen LogP contribution in [0.25, 0.3) is 0 Å². The summed E-state index contributed by atoms with van der Waals surface area (Å²) in [7, 11) is 0. The Morgan fingerprint density at radius 2 is 1.68 bits per heavy atom. The molecular weight excluding hydrogens is 243 g/mol. The number of nitrogens with two attached hydrogens (primary N) is 1. The van der Waals surface area contributed by atoms with Crippen LogP contribution in [0, 0.1) is 5.82 Å². The molecule has 3 N–H and O–H groups in total. The van der Waals surface area contributed by atoms with Gasteiger partial charge in [0.25, 0.3) is 0 Å². The zero-order chi connectivity index (χ0) is 13.9. The highest BCUT2D eigenvalue weighted by atomic mass is 19.1. The lowest BCUT2D eigenvalue weighted by molar-refractivity contribution is -0.120. The Labute approximate surface area is 111 Å². The molecule has 2 aromatic rings. The number of hydrogen-bond donors (Lipinski definition) is 2. The lowest BCUT2D eigenvalue weighted by Crippen LogP contribution is -2.45. The zero-order valence-corrected chi connectivity index (χ0v) is 10.6. The number of halogens is 1. The Morgan fingerprint density at radius 3 is 2.32 bits per heavy atom. The lowest BCUT2D eigenvalue weighted by Gasteiger charge is -2.24. The van der Waals surface area contributed by atoms with Gasteiger partial charge in [-0.25, -0.2) is 4.39 Å². The van der Waals surface area contributed by atoms with E-state index in [0.717, 1.165) is 0 Å². The molecule has 2 rings (SSSR count). The standard InChI is InChI=1S/C15H15FN2O/c1-15(17,11-7-3-2-4-8-11)14(19)18-13-10-6-5-9-12(13)16/h2-10H,17H2,1H3,(H,18,19). The average molecular weight is 258 g/mol. The van der Waals surface area contributed by atoms with Crippen molar-refractivity contribution in [2.45, 2.75) is 12.5 Å². The van der Waals surface area contributed by atoms with E-state index in [-0.39, 0.29) is 5.69 Å². The molecule has 2 aromatic carbocycles. The highest BCUT2D eigenvalue weighted by Gasteiger charge is 2.30. The minimum absolute atomic E-state index is 0.125. The van der Waals surface area contributed by atoms with E-state index in [2.05, 4.69) is 5.32 Å². The molecule has 0 aliphatic rings. The maximum Gasteiger partial charge on any atom is 0.248 e. The summed E-state index contributed by atoms with van der Waals surface area (Å²) in [5, 5.41) is 2.51. The van der Waals surface area contributed by atoms with Gasteiger partial charge >= 0.3 is 0 Å². The van der Waals surface area contributed by atoms with Crippen molar-refractivity contribution in [2.24, 2.45) is 5.73 Å². The number of benzene rings is 2. The molecule has 0 saturated carbocycles. The van der Waals surface area contributed by atoms with Crippen LogP contribution >= 0.6 is 0 Å². The van der Waals surface area contributed by atoms with Gasteiger partial charge < -0.3 is 11.1 Å². The fourth-order valence-electron chi connectivity index (χ4n) is 1.73. The third kappa shape index (κ3) is 2.80. The molecule has 1 unspecified atom stereocenters. The van der Waals surface area contributed by atoms with Crippen molar-refractivity contribution in [3.63, 3.8) is 0 Å². The fourth-order valence-corrected chi connectivity index (χ4v) is 1.73. The molecule has 0 saturated heterocycles. The summed E-state index contributed by atoms with van der Waals surface area (Å²) in [5.74, 6) is -0.941. The van der Waals surface area contributed by atoms with E-state index in [9.17, 15) is 9.18 Å². The largest absolute Gasteiger partial charge is 0.322 e. The van der Waals surface area contributed by atoms with Gasteiger partial charge in [-0.05, 0) is 24.6 Å². The van der Waals surface area contributed by atoms with Gasteiger partial charge in [0.2, 0.25) is 5.91 Å². The van der Waals surface area contributed by atoms with Crippen LogP contribution in [0.5, 0.6) is 0 Å². The first-order valence-electron chi connectivity index (χ1n) is 5.92. The van der Waals surface area contributed by atoms with Gasteiger partial charge in [0.05, 0.1) is 5.69 Å². The van der Waals surface area contributed by atoms with Gasteiger partial charge in [-0.1, -0.05) is 42.5 Å². The average Bonchev–Trinajstić information content (AvgIpc) is 2.42. The Bertz CT molecular complexity index is 582. The number of carbonyl (C=O) groups excluding carboxylic acids is 1. The molecule has 0 bridgehead atoms. The van der Waals surface area contributed by atoms with Crippen LogP contribution in [0.1, 0.15) is 12.5 Å². The number of rotatable bonds is 3. The van der Waals surface area contributed by atoms with Crippen molar-refractivity contribution in [2.75, 3.05) is 5.32 Å². The van der Waals surface area contributed by atoms with E-state index in [1.165, 1.54) is 12.1 Å². The molecule has 0 aliphatic carbocycles. The third-order valence-corrected chi connectivity index (χ3v) is 2.97. The topological polar surface area (TPSA) is 55.1 Å². The summed E-state index contributed by atoms with van der Waals surface area (Å²) in [6, 6.07) is 15.0. The molecule has 1 atom stereocenters. The number of para-hydroxylation sites is 1. The number of amides is 1. The summed E-state index contributed by atoms with van der Waals surface area (Å²) in [6.45, 7) is 1.60. The van der Waals surface area contributed by atoms with Crippen LogP contribution in [-0.2, 0) is 10.3 Å². The smallest absolute Gasteiger partial charge is 0.248 e. The predicted molar refractivity (Wildman–Crippen MR) is 73.0 cm³/mol. The first-order chi connectivity index (χ1) is 9.01. The van der Waals surface area contributed by atoms with Gasteiger partial charge in [-0.3, -0.25) is 4.79 Å². The summed E-state index contributed by atoms with van der Waals surface area (Å²) in [5.41, 5.74) is 5.62. The predicted octanol–water partition coefficient (Wildman–Crippen LogP) is 2.64. The maximum atomic E-state index is 13.5. The van der Waals surface area contributed by atoms with Crippen molar-refractivity contribution in [3.8, 4) is 0 Å². The minimum atomic E-state index is -1.22. The van der Waals surface area contributed by atoms with Crippen LogP contribution in [0.3, 0.4) is 0 Å². The second-order valence-corrected chi connectivity index (χ2v) is 4.50. The zero-order valence-electron chi connectivity index (χ0n) is 10.6. The Balaban J connectivity index is 2.23. The Morgan fingerprint density at radius 1 is 1.11 bits per heavy atom. The molecule has 0 fully saturated rings. The van der Waals surface area contributed by atoms with Crippen molar-refractivity contribution >= 4 is 11.6 Å². The van der Waals surface area contributed by atoms with Gasteiger partial charge in [0, 0.05) is 0 Å². The second-order valence-electron chi connectivity index (χ2n) is 4.50. The monoisotopic (exact) mass is 258 g/mol. The molecule has 19 heavy (non-hydrogen) atoms. The Hall–Kier alpha value is -2.20. The van der Waals surface area contributed by atoms with Crippen molar-refractivity contribution in [1.29, 1.82) is 0 Å². The van der Waals surface area contributed by atoms with Gasteiger partial charge in [0.15, 0.2) is 0 Å². The van der Waals surface area contributed by atoms with Gasteiger partial charge in [-0.15, -0.1) is 0 Å². The molecule has 0 heterocycles. The second kappa shape index (κ2) is 5.20. The van der Waals surface area contributed by atoms with Gasteiger partial charge in [-0.2, -0.15) is 0 Å². The van der Waals surface area contributed by atoms with Crippen LogP contribution in [-0.4, -0.2) is 5.91 Å². The normalized spacial score (nSPS) is 13.6. The van der Waals surface area contributed by atoms with Gasteiger partial charge in [0.1, 0.15) is 11.4 Å². The summed E-state index contributed by atoms with van der Waals surface area (Å²) < 4.78 is 13.5. The SMILES string of the molecule is CC(N)(C(=O)Nc1ccccc1F)c1ccccc1. The van der Waals surface area contributed by atoms with Crippen molar-refractivity contribution < 1.29 is 9.18 Å². The quantitative estimate of drug-likeness (QED) is 0.889. The molecular formula is C15H15FN2O. The van der Waals surface area contributed by atoms with Crippen LogP contribution in [0.2, 0.25) is 0 Å². The van der Waals surface area contributed by atoms with Crippen LogP contribution in [0.15, 0.2) is 54.6 Å². The van der Waals surface area contributed by atoms with E-state index < -0.39 is 17.3 Å². The highest BCUT2D eigenvalue weighted by Crippen LogP contribution is 2.21. The molecule has 3 nitrogen and oxygen atoms in total. The van der Waals surface area contributed by atoms with E-state index >= 15 is 0 Å². The number of hydrogen-bond acceptors (Lipinski definition) is 2. The number of anilines is 1. The summed E-state index contributed by atoms with van der Waals surface area (Å²) in [4.78, 5) is 12.2. The van der Waals surface area contributed by atoms with Crippen LogP contribution < -0.4 is 11.1 Å². The third-order valence-electron chi connectivity index (χ3n) is 2.97. The molecule has 0 aliphatic heterocycles. The molecule has 98 valence electrons.